The van der Waals surface area contributed by atoms with Crippen molar-refractivity contribution in [2.45, 2.75) is 26.9 Å². The summed E-state index contributed by atoms with van der Waals surface area (Å²) < 4.78 is 5.04. The lowest BCUT2D eigenvalue weighted by Gasteiger charge is -2.06. The first-order valence-corrected chi connectivity index (χ1v) is 3.55. The van der Waals surface area contributed by atoms with E-state index in [1.807, 2.05) is 20.8 Å². The third-order valence-electron chi connectivity index (χ3n) is 0.922. The van der Waals surface area contributed by atoms with Crippen molar-refractivity contribution in [3.05, 3.63) is 0 Å². The van der Waals surface area contributed by atoms with Crippen LogP contribution in [0, 0.1) is 0 Å². The molecule has 0 aromatic heterocycles. The molecule has 0 fully saturated rings. The van der Waals surface area contributed by atoms with Gasteiger partial charge in [-0.15, -0.1) is 0 Å². The number of carbonyl (C=O) groups is 1. The Morgan fingerprint density at radius 3 is 2.60 bits per heavy atom. The third kappa shape index (κ3) is 5.56. The highest BCUT2D eigenvalue weighted by Gasteiger charge is 1.99. The molecule has 0 unspecified atom stereocenters. The van der Waals surface area contributed by atoms with Gasteiger partial charge in [0.1, 0.15) is 6.61 Å². The normalized spacial score (nSPS) is 10.0. The number of ether oxygens (including phenoxy) is 1. The van der Waals surface area contributed by atoms with Crippen LogP contribution < -0.4 is 5.32 Å². The maximum absolute atomic E-state index is 10.7. The molecule has 3 heteroatoms. The van der Waals surface area contributed by atoms with Crippen LogP contribution in [0.4, 0.5) is 0 Å². The molecule has 0 aromatic rings. The molecule has 0 aromatic carbocycles. The Hall–Kier alpha value is -0.570. The van der Waals surface area contributed by atoms with Crippen molar-refractivity contribution >= 4 is 5.91 Å². The van der Waals surface area contributed by atoms with E-state index in [-0.39, 0.29) is 18.6 Å². The lowest BCUT2D eigenvalue weighted by Crippen LogP contribution is -2.28. The molecule has 60 valence electrons. The second-order valence-electron chi connectivity index (χ2n) is 2.31. The molecule has 1 amide bonds. The standard InChI is InChI=1S/C7H15NO2/c1-4-8-7(9)5-10-6(2)3/h6H,4-5H2,1-3H3,(H,8,9). The zero-order valence-corrected chi connectivity index (χ0v) is 6.81. The van der Waals surface area contributed by atoms with Crippen molar-refractivity contribution in [2.75, 3.05) is 13.2 Å². The van der Waals surface area contributed by atoms with Gasteiger partial charge in [0.15, 0.2) is 0 Å². The summed E-state index contributed by atoms with van der Waals surface area (Å²) in [5, 5.41) is 2.64. The zero-order chi connectivity index (χ0) is 7.98. The molecular weight excluding hydrogens is 130 g/mol. The molecule has 0 saturated carbocycles. The summed E-state index contributed by atoms with van der Waals surface area (Å²) in [6, 6.07) is 0. The Morgan fingerprint density at radius 1 is 1.60 bits per heavy atom. The fourth-order valence-corrected chi connectivity index (χ4v) is 0.491. The van der Waals surface area contributed by atoms with E-state index in [1.54, 1.807) is 0 Å². The topological polar surface area (TPSA) is 38.3 Å². The highest BCUT2D eigenvalue weighted by Crippen LogP contribution is 1.85. The number of rotatable bonds is 4. The molecule has 0 aliphatic heterocycles. The van der Waals surface area contributed by atoms with Gasteiger partial charge in [-0.25, -0.2) is 0 Å². The van der Waals surface area contributed by atoms with Crippen LogP contribution >= 0.6 is 0 Å². The number of likely N-dealkylation sites (N-methyl/N-ethyl adjacent to an activating group) is 1. The Labute approximate surface area is 61.8 Å². The quantitative estimate of drug-likeness (QED) is 0.627. The lowest BCUT2D eigenvalue weighted by atomic mass is 10.5. The SMILES string of the molecule is CCNC(=O)COC(C)C. The number of hydrogen-bond acceptors (Lipinski definition) is 2. The number of carbonyl (C=O) groups excluding carboxylic acids is 1. The van der Waals surface area contributed by atoms with Crippen molar-refractivity contribution < 1.29 is 9.53 Å². The molecular formula is C7H15NO2. The van der Waals surface area contributed by atoms with Crippen molar-refractivity contribution in [2.24, 2.45) is 0 Å². The van der Waals surface area contributed by atoms with Crippen LogP contribution in [0.2, 0.25) is 0 Å². The van der Waals surface area contributed by atoms with Gasteiger partial charge in [-0.3, -0.25) is 4.79 Å². The van der Waals surface area contributed by atoms with E-state index in [0.29, 0.717) is 6.54 Å². The Bertz CT molecular complexity index is 102. The summed E-state index contributed by atoms with van der Waals surface area (Å²) in [5.74, 6) is -0.0452. The predicted molar refractivity (Wildman–Crippen MR) is 39.8 cm³/mol. The first kappa shape index (κ1) is 9.43. The molecule has 0 atom stereocenters. The summed E-state index contributed by atoms with van der Waals surface area (Å²) in [4.78, 5) is 10.7. The summed E-state index contributed by atoms with van der Waals surface area (Å²) >= 11 is 0. The monoisotopic (exact) mass is 145 g/mol. The maximum Gasteiger partial charge on any atom is 0.246 e. The van der Waals surface area contributed by atoms with Crippen molar-refractivity contribution in [3.63, 3.8) is 0 Å². The van der Waals surface area contributed by atoms with Crippen LogP contribution in [-0.2, 0) is 9.53 Å². The van der Waals surface area contributed by atoms with Gasteiger partial charge in [-0.2, -0.15) is 0 Å². The second-order valence-corrected chi connectivity index (χ2v) is 2.31. The molecule has 0 aliphatic rings. The van der Waals surface area contributed by atoms with E-state index in [1.165, 1.54) is 0 Å². The predicted octanol–water partition coefficient (Wildman–Crippen LogP) is 0.547. The second kappa shape index (κ2) is 5.23. The van der Waals surface area contributed by atoms with E-state index < -0.39 is 0 Å². The smallest absolute Gasteiger partial charge is 0.246 e. The van der Waals surface area contributed by atoms with Gasteiger partial charge in [-0.1, -0.05) is 0 Å². The van der Waals surface area contributed by atoms with Gasteiger partial charge in [0.2, 0.25) is 5.91 Å². The molecule has 0 saturated heterocycles. The summed E-state index contributed by atoms with van der Waals surface area (Å²) in [6.07, 6.45) is 0.127. The van der Waals surface area contributed by atoms with Gasteiger partial charge < -0.3 is 10.1 Å². The van der Waals surface area contributed by atoms with E-state index >= 15 is 0 Å². The van der Waals surface area contributed by atoms with Crippen LogP contribution in [0.3, 0.4) is 0 Å². The summed E-state index contributed by atoms with van der Waals surface area (Å²) in [7, 11) is 0. The van der Waals surface area contributed by atoms with Gasteiger partial charge in [0, 0.05) is 6.54 Å². The number of amides is 1. The first-order chi connectivity index (χ1) is 4.66. The van der Waals surface area contributed by atoms with E-state index in [9.17, 15) is 4.79 Å². The fraction of sp³-hybridized carbons (Fsp3) is 0.857. The summed E-state index contributed by atoms with van der Waals surface area (Å²) in [5.41, 5.74) is 0. The fourth-order valence-electron chi connectivity index (χ4n) is 0.491. The lowest BCUT2D eigenvalue weighted by molar-refractivity contribution is -0.126. The number of hydrogen-bond donors (Lipinski definition) is 1. The molecule has 1 N–H and O–H groups in total. The van der Waals surface area contributed by atoms with Gasteiger partial charge in [0.05, 0.1) is 6.10 Å². The van der Waals surface area contributed by atoms with Crippen LogP contribution in [0.15, 0.2) is 0 Å². The van der Waals surface area contributed by atoms with Crippen LogP contribution in [0.25, 0.3) is 0 Å². The van der Waals surface area contributed by atoms with Crippen LogP contribution in [0.1, 0.15) is 20.8 Å². The van der Waals surface area contributed by atoms with Crippen molar-refractivity contribution in [3.8, 4) is 0 Å². The van der Waals surface area contributed by atoms with Crippen LogP contribution in [-0.4, -0.2) is 25.2 Å². The minimum atomic E-state index is -0.0452. The van der Waals surface area contributed by atoms with E-state index in [2.05, 4.69) is 5.32 Å². The molecule has 0 heterocycles. The Morgan fingerprint density at radius 2 is 2.20 bits per heavy atom. The molecule has 0 bridgehead atoms. The number of nitrogens with one attached hydrogen (secondary N) is 1. The molecule has 0 aliphatic carbocycles. The molecule has 0 spiro atoms. The maximum atomic E-state index is 10.7. The molecule has 3 nitrogen and oxygen atoms in total. The highest BCUT2D eigenvalue weighted by atomic mass is 16.5. The van der Waals surface area contributed by atoms with Gasteiger partial charge >= 0.3 is 0 Å². The Kier molecular flexibility index (Phi) is 4.94. The van der Waals surface area contributed by atoms with E-state index in [0.717, 1.165) is 0 Å². The average Bonchev–Trinajstić information content (AvgIpc) is 1.85. The van der Waals surface area contributed by atoms with E-state index in [4.69, 9.17) is 4.74 Å². The molecule has 0 radical (unpaired) electrons. The molecule has 0 rings (SSSR count). The van der Waals surface area contributed by atoms with Crippen molar-refractivity contribution in [1.29, 1.82) is 0 Å². The van der Waals surface area contributed by atoms with Crippen molar-refractivity contribution in [1.82, 2.24) is 5.32 Å². The summed E-state index contributed by atoms with van der Waals surface area (Å²) in [6.45, 7) is 6.53. The molecule has 10 heavy (non-hydrogen) atoms. The first-order valence-electron chi connectivity index (χ1n) is 3.55. The largest absolute Gasteiger partial charge is 0.369 e. The highest BCUT2D eigenvalue weighted by molar-refractivity contribution is 5.77. The zero-order valence-electron chi connectivity index (χ0n) is 6.81. The van der Waals surface area contributed by atoms with Gasteiger partial charge in [-0.05, 0) is 20.8 Å². The minimum absolute atomic E-state index is 0.0452. The van der Waals surface area contributed by atoms with Gasteiger partial charge in [0.25, 0.3) is 0 Å². The third-order valence-corrected chi connectivity index (χ3v) is 0.922. The average molecular weight is 145 g/mol. The minimum Gasteiger partial charge on any atom is -0.369 e. The Balaban J connectivity index is 3.22. The van der Waals surface area contributed by atoms with Crippen LogP contribution in [0.5, 0.6) is 0 Å².